The molecule has 1 unspecified atom stereocenters. The van der Waals surface area contributed by atoms with Gasteiger partial charge in [-0.2, -0.15) is 0 Å². The number of unbranched alkanes of at least 4 members (excludes halogenated alkanes) is 2. The standard InChI is InChI=1S/C15H31ClO2Si/c1-15(2,3)19(4,5)18-13(11-16)9-7-6-8-10-14-12-17-14/h13-14H,6-12H2,1-5H3/t13-,14?/m1/s1. The van der Waals surface area contributed by atoms with Gasteiger partial charge in [0.2, 0.25) is 0 Å². The number of halogens is 1. The maximum atomic E-state index is 6.37. The summed E-state index contributed by atoms with van der Waals surface area (Å²) < 4.78 is 11.6. The fraction of sp³-hybridized carbons (Fsp3) is 1.00. The second-order valence-electron chi connectivity index (χ2n) is 7.25. The van der Waals surface area contributed by atoms with Gasteiger partial charge in [0.25, 0.3) is 0 Å². The Bertz CT molecular complexity index is 259. The topological polar surface area (TPSA) is 21.8 Å². The van der Waals surface area contributed by atoms with Crippen LogP contribution in [0.4, 0.5) is 0 Å². The highest BCUT2D eigenvalue weighted by molar-refractivity contribution is 6.74. The van der Waals surface area contributed by atoms with Crippen molar-refractivity contribution < 1.29 is 9.16 Å². The Balaban J connectivity index is 2.20. The van der Waals surface area contributed by atoms with E-state index in [2.05, 4.69) is 33.9 Å². The molecule has 4 heteroatoms. The fourth-order valence-electron chi connectivity index (χ4n) is 1.92. The normalized spacial score (nSPS) is 21.5. The average Bonchev–Trinajstić information content (AvgIpc) is 3.09. The number of hydrogen-bond acceptors (Lipinski definition) is 2. The largest absolute Gasteiger partial charge is 0.413 e. The molecule has 2 atom stereocenters. The molecule has 0 bridgehead atoms. The van der Waals surface area contributed by atoms with Crippen LogP contribution < -0.4 is 0 Å². The summed E-state index contributed by atoms with van der Waals surface area (Å²) >= 11 is 6.07. The molecule has 1 rings (SSSR count). The lowest BCUT2D eigenvalue weighted by Crippen LogP contribution is -2.44. The van der Waals surface area contributed by atoms with Crippen molar-refractivity contribution in [3.8, 4) is 0 Å². The molecule has 2 nitrogen and oxygen atoms in total. The molecule has 0 aromatic rings. The van der Waals surface area contributed by atoms with Crippen molar-refractivity contribution >= 4 is 19.9 Å². The quantitative estimate of drug-likeness (QED) is 0.260. The lowest BCUT2D eigenvalue weighted by molar-refractivity contribution is 0.188. The van der Waals surface area contributed by atoms with Gasteiger partial charge in [-0.15, -0.1) is 11.6 Å². The zero-order valence-electron chi connectivity index (χ0n) is 13.3. The zero-order valence-corrected chi connectivity index (χ0v) is 15.1. The third-order valence-corrected chi connectivity index (χ3v) is 9.27. The second-order valence-corrected chi connectivity index (χ2v) is 12.3. The first-order valence-corrected chi connectivity index (χ1v) is 11.1. The predicted molar refractivity (Wildman–Crippen MR) is 85.6 cm³/mol. The smallest absolute Gasteiger partial charge is 0.192 e. The molecule has 1 saturated heterocycles. The summed E-state index contributed by atoms with van der Waals surface area (Å²) in [5.74, 6) is 0.623. The Morgan fingerprint density at radius 3 is 2.37 bits per heavy atom. The van der Waals surface area contributed by atoms with Crippen molar-refractivity contribution in [1.29, 1.82) is 0 Å². The van der Waals surface area contributed by atoms with Gasteiger partial charge in [0.05, 0.1) is 18.8 Å². The van der Waals surface area contributed by atoms with Gasteiger partial charge in [0.1, 0.15) is 0 Å². The van der Waals surface area contributed by atoms with Crippen LogP contribution in [0.15, 0.2) is 0 Å². The summed E-state index contributed by atoms with van der Waals surface area (Å²) in [6, 6.07) is 0. The molecule has 1 aliphatic heterocycles. The van der Waals surface area contributed by atoms with Gasteiger partial charge < -0.3 is 9.16 Å². The first-order valence-electron chi connectivity index (χ1n) is 7.61. The molecule has 0 aromatic heterocycles. The van der Waals surface area contributed by atoms with Gasteiger partial charge in [-0.1, -0.05) is 40.0 Å². The number of ether oxygens (including phenoxy) is 1. The van der Waals surface area contributed by atoms with E-state index < -0.39 is 8.32 Å². The van der Waals surface area contributed by atoms with Crippen LogP contribution in [-0.4, -0.2) is 33.0 Å². The number of hydrogen-bond donors (Lipinski definition) is 0. The summed E-state index contributed by atoms with van der Waals surface area (Å²) in [5, 5.41) is 0.265. The van der Waals surface area contributed by atoms with E-state index in [4.69, 9.17) is 20.8 Å². The van der Waals surface area contributed by atoms with E-state index in [1.807, 2.05) is 0 Å². The van der Waals surface area contributed by atoms with E-state index >= 15 is 0 Å². The minimum atomic E-state index is -1.67. The number of alkyl halides is 1. The third kappa shape index (κ3) is 6.61. The van der Waals surface area contributed by atoms with Crippen molar-refractivity contribution in [2.45, 2.75) is 83.2 Å². The summed E-state index contributed by atoms with van der Waals surface area (Å²) in [5.41, 5.74) is 0. The SMILES string of the molecule is CC(C)(C)[Si](C)(C)O[C@@H](CCl)CCCCCC1CO1. The van der Waals surface area contributed by atoms with Crippen LogP contribution in [0.25, 0.3) is 0 Å². The van der Waals surface area contributed by atoms with Gasteiger partial charge in [-0.25, -0.2) is 0 Å². The van der Waals surface area contributed by atoms with Crippen molar-refractivity contribution in [1.82, 2.24) is 0 Å². The first-order chi connectivity index (χ1) is 8.76. The molecular formula is C15H31ClO2Si. The predicted octanol–water partition coefficient (Wildman–Crippen LogP) is 4.96. The van der Waals surface area contributed by atoms with Gasteiger partial charge in [-0.3, -0.25) is 0 Å². The Kier molecular flexibility index (Phi) is 6.84. The van der Waals surface area contributed by atoms with Crippen LogP contribution in [0.2, 0.25) is 18.1 Å². The van der Waals surface area contributed by atoms with E-state index in [0.29, 0.717) is 12.0 Å². The van der Waals surface area contributed by atoms with E-state index in [9.17, 15) is 0 Å². The molecule has 0 amide bonds. The monoisotopic (exact) mass is 306 g/mol. The van der Waals surface area contributed by atoms with Gasteiger partial charge in [0.15, 0.2) is 8.32 Å². The van der Waals surface area contributed by atoms with E-state index in [0.717, 1.165) is 13.0 Å². The number of rotatable bonds is 9. The van der Waals surface area contributed by atoms with E-state index in [1.54, 1.807) is 0 Å². The third-order valence-electron chi connectivity index (χ3n) is 4.39. The zero-order chi connectivity index (χ0) is 14.5. The molecule has 1 aliphatic rings. The second kappa shape index (κ2) is 7.44. The molecule has 114 valence electrons. The van der Waals surface area contributed by atoms with Crippen LogP contribution in [-0.2, 0) is 9.16 Å². The van der Waals surface area contributed by atoms with Crippen LogP contribution in [0.3, 0.4) is 0 Å². The summed E-state index contributed by atoms with van der Waals surface area (Å²) in [7, 11) is -1.67. The van der Waals surface area contributed by atoms with Crippen LogP contribution >= 0.6 is 11.6 Å². The maximum absolute atomic E-state index is 6.37. The lowest BCUT2D eigenvalue weighted by atomic mass is 10.1. The van der Waals surface area contributed by atoms with Crippen molar-refractivity contribution in [2.75, 3.05) is 12.5 Å². The van der Waals surface area contributed by atoms with E-state index in [1.165, 1.54) is 25.7 Å². The Morgan fingerprint density at radius 2 is 1.89 bits per heavy atom. The van der Waals surface area contributed by atoms with Crippen molar-refractivity contribution in [3.63, 3.8) is 0 Å². The molecule has 19 heavy (non-hydrogen) atoms. The van der Waals surface area contributed by atoms with Crippen LogP contribution in [0.5, 0.6) is 0 Å². The molecule has 0 spiro atoms. The van der Waals surface area contributed by atoms with E-state index in [-0.39, 0.29) is 11.1 Å². The van der Waals surface area contributed by atoms with Gasteiger partial charge >= 0.3 is 0 Å². The molecule has 0 aliphatic carbocycles. The minimum absolute atomic E-state index is 0.236. The van der Waals surface area contributed by atoms with Crippen LogP contribution in [0.1, 0.15) is 52.9 Å². The highest BCUT2D eigenvalue weighted by Gasteiger charge is 2.38. The molecule has 1 heterocycles. The molecular weight excluding hydrogens is 276 g/mol. The average molecular weight is 307 g/mol. The Hall–Kier alpha value is 0.427. The minimum Gasteiger partial charge on any atom is -0.413 e. The molecule has 0 N–H and O–H groups in total. The molecule has 1 fully saturated rings. The Morgan fingerprint density at radius 1 is 1.26 bits per heavy atom. The van der Waals surface area contributed by atoms with Gasteiger partial charge in [0, 0.05) is 5.88 Å². The maximum Gasteiger partial charge on any atom is 0.192 e. The highest BCUT2D eigenvalue weighted by Crippen LogP contribution is 2.37. The summed E-state index contributed by atoms with van der Waals surface area (Å²) in [4.78, 5) is 0. The summed E-state index contributed by atoms with van der Waals surface area (Å²) in [6.07, 6.45) is 6.91. The highest BCUT2D eigenvalue weighted by atomic mass is 35.5. The molecule has 0 radical (unpaired) electrons. The Labute approximate surface area is 125 Å². The fourth-order valence-corrected chi connectivity index (χ4v) is 3.63. The van der Waals surface area contributed by atoms with Crippen molar-refractivity contribution in [3.05, 3.63) is 0 Å². The van der Waals surface area contributed by atoms with Crippen molar-refractivity contribution in [2.24, 2.45) is 0 Å². The summed E-state index contributed by atoms with van der Waals surface area (Å²) in [6.45, 7) is 12.4. The van der Waals surface area contributed by atoms with Crippen LogP contribution in [0, 0.1) is 0 Å². The molecule has 0 aromatic carbocycles. The first kappa shape index (κ1) is 17.5. The van der Waals surface area contributed by atoms with Gasteiger partial charge in [-0.05, 0) is 31.0 Å². The number of epoxide rings is 1. The molecule has 0 saturated carbocycles. The lowest BCUT2D eigenvalue weighted by Gasteiger charge is -2.39.